The Balaban J connectivity index is 2.27. The molecule has 6 heteroatoms. The predicted molar refractivity (Wildman–Crippen MR) is 128 cm³/mol. The van der Waals surface area contributed by atoms with Crippen molar-refractivity contribution in [2.75, 3.05) is 33.2 Å². The zero-order chi connectivity index (χ0) is 20.6. The van der Waals surface area contributed by atoms with E-state index >= 15 is 0 Å². The average Bonchev–Trinajstić information content (AvgIpc) is 2.52. The molecule has 0 aromatic heterocycles. The van der Waals surface area contributed by atoms with Gasteiger partial charge in [0.2, 0.25) is 0 Å². The van der Waals surface area contributed by atoms with E-state index in [-0.39, 0.29) is 0 Å². The van der Waals surface area contributed by atoms with E-state index in [0.29, 0.717) is 5.75 Å². The number of ether oxygens (including phenoxy) is 1. The molecule has 0 saturated carbocycles. The van der Waals surface area contributed by atoms with E-state index in [1.165, 1.54) is 38.1 Å². The molecule has 0 heterocycles. The summed E-state index contributed by atoms with van der Waals surface area (Å²) >= 11 is 3.89. The number of hydrogen-bond acceptors (Lipinski definition) is 3. The van der Waals surface area contributed by atoms with Gasteiger partial charge in [0.25, 0.3) is 0 Å². The van der Waals surface area contributed by atoms with Gasteiger partial charge in [-0.05, 0) is 20.0 Å². The molecule has 27 heavy (non-hydrogen) atoms. The molecule has 3 nitrogen and oxygen atoms in total. The molecule has 0 aliphatic heterocycles. The van der Waals surface area contributed by atoms with Gasteiger partial charge >= 0.3 is 145 Å². The Labute approximate surface area is 176 Å². The van der Waals surface area contributed by atoms with E-state index in [2.05, 4.69) is 55.5 Å². The fourth-order valence-corrected chi connectivity index (χ4v) is 7.53. The summed E-state index contributed by atoms with van der Waals surface area (Å²) < 4.78 is 11.9. The summed E-state index contributed by atoms with van der Waals surface area (Å²) in [6.07, 6.45) is 7.48. The molecule has 0 amide bonds. The van der Waals surface area contributed by atoms with Crippen molar-refractivity contribution in [1.29, 1.82) is 0 Å². The minimum atomic E-state index is -2.17. The van der Waals surface area contributed by atoms with E-state index in [0.717, 1.165) is 30.7 Å². The quantitative estimate of drug-likeness (QED) is 0.194. The van der Waals surface area contributed by atoms with Crippen molar-refractivity contribution in [3.05, 3.63) is 18.2 Å². The first-order chi connectivity index (χ1) is 12.4. The number of aromatic hydroxyl groups is 1. The number of halogens is 1. The van der Waals surface area contributed by atoms with Crippen LogP contribution in [-0.2, 0) is 4.43 Å². The van der Waals surface area contributed by atoms with Gasteiger partial charge in [0.15, 0.2) is 0 Å². The summed E-state index contributed by atoms with van der Waals surface area (Å²) in [6.45, 7) is 15.0. The van der Waals surface area contributed by atoms with Gasteiger partial charge in [-0.25, -0.2) is 0 Å². The van der Waals surface area contributed by atoms with Crippen LogP contribution in [0.2, 0.25) is 19.1 Å². The number of phenolic OH excluding ortho intramolecular Hbond substituents is 1. The molecule has 1 aromatic rings. The van der Waals surface area contributed by atoms with Crippen LogP contribution in [0.5, 0.6) is 11.5 Å². The Kier molecular flexibility index (Phi) is 9.81. The number of unbranched alkanes of at least 4 members (excludes halogenated alkanes) is 5. The van der Waals surface area contributed by atoms with Crippen molar-refractivity contribution in [2.45, 2.75) is 64.6 Å². The van der Waals surface area contributed by atoms with Crippen molar-refractivity contribution in [1.82, 2.24) is 0 Å². The van der Waals surface area contributed by atoms with Crippen LogP contribution < -0.4 is 10.0 Å². The van der Waals surface area contributed by atoms with Crippen molar-refractivity contribution in [3.8, 4) is 11.5 Å². The van der Waals surface area contributed by atoms with Crippen molar-refractivity contribution in [2.24, 2.45) is 0 Å². The summed E-state index contributed by atoms with van der Waals surface area (Å²) in [5.74, 6) is 1.20. The Bertz CT molecular complexity index is 575. The first-order valence-electron chi connectivity index (χ1n) is 10.2. The van der Waals surface area contributed by atoms with Crippen LogP contribution in [0.25, 0.3) is 0 Å². The molecule has 158 valence electrons. The summed E-state index contributed by atoms with van der Waals surface area (Å²) in [4.78, 5) is 0. The van der Waals surface area contributed by atoms with Gasteiger partial charge in [0.05, 0.1) is 0 Å². The first kappa shape index (κ1) is 24.9. The molecule has 0 bridgehead atoms. The van der Waals surface area contributed by atoms with E-state index < -0.39 is 13.6 Å². The van der Waals surface area contributed by atoms with Crippen LogP contribution >= 0.6 is 20.8 Å². The third kappa shape index (κ3) is 10.3. The van der Waals surface area contributed by atoms with Crippen LogP contribution in [0.1, 0.15) is 45.4 Å². The third-order valence-electron chi connectivity index (χ3n) is 4.72. The summed E-state index contributed by atoms with van der Waals surface area (Å²) in [5, 5.41) is 8.77. The molecule has 0 radical (unpaired) electrons. The topological polar surface area (TPSA) is 38.7 Å². The van der Waals surface area contributed by atoms with Gasteiger partial charge < -0.3 is 4.43 Å². The zero-order valence-corrected chi connectivity index (χ0v) is 21.7. The second-order valence-electron chi connectivity index (χ2n) is 9.17. The fraction of sp³-hybridized carbons (Fsp3) is 0.714. The maximum absolute atomic E-state index is 9.85. The van der Waals surface area contributed by atoms with E-state index in [4.69, 9.17) is 9.16 Å². The SMILES string of the molecule is CCO[Si](C)(C)CCCCCCCCOc1ccc(O)cc1P(C)(C)(C)Br. The molecular formula is C21H40BrO3PSi. The second-order valence-corrected chi connectivity index (χ2v) is 26.6. The van der Waals surface area contributed by atoms with Crippen LogP contribution in [0.15, 0.2) is 18.2 Å². The molecule has 0 unspecified atom stereocenters. The van der Waals surface area contributed by atoms with Gasteiger partial charge in [-0.3, -0.25) is 0 Å². The first-order valence-corrected chi connectivity index (χ1v) is 19.0. The number of rotatable bonds is 13. The Morgan fingerprint density at radius 2 is 1.59 bits per heavy atom. The average molecular weight is 480 g/mol. The maximum atomic E-state index is 9.85. The molecular weight excluding hydrogens is 439 g/mol. The van der Waals surface area contributed by atoms with Gasteiger partial charge in [0, 0.05) is 6.61 Å². The molecule has 0 spiro atoms. The second kappa shape index (κ2) is 10.6. The summed E-state index contributed by atoms with van der Waals surface area (Å²) in [7, 11) is -1.39. The number of phenols is 1. The van der Waals surface area contributed by atoms with Gasteiger partial charge in [-0.1, -0.05) is 0 Å². The molecule has 0 atom stereocenters. The number of benzene rings is 1. The zero-order valence-electron chi connectivity index (χ0n) is 18.2. The minimum absolute atomic E-state index is 0.298. The number of hydrogen-bond donors (Lipinski definition) is 1. The van der Waals surface area contributed by atoms with E-state index in [1.807, 2.05) is 12.1 Å². The fourth-order valence-electron chi connectivity index (χ4n) is 3.22. The molecule has 0 fully saturated rings. The van der Waals surface area contributed by atoms with Crippen LogP contribution in [-0.4, -0.2) is 46.6 Å². The molecule has 1 N–H and O–H groups in total. The summed E-state index contributed by atoms with van der Waals surface area (Å²) in [6, 6.07) is 6.72. The molecule has 1 aromatic carbocycles. The van der Waals surface area contributed by atoms with Crippen LogP contribution in [0.3, 0.4) is 0 Å². The monoisotopic (exact) mass is 478 g/mol. The van der Waals surface area contributed by atoms with Crippen molar-refractivity contribution < 1.29 is 14.3 Å². The van der Waals surface area contributed by atoms with Crippen LogP contribution in [0.4, 0.5) is 0 Å². The third-order valence-corrected chi connectivity index (χ3v) is 10.5. The Morgan fingerprint density at radius 1 is 1.00 bits per heavy atom. The van der Waals surface area contributed by atoms with Crippen molar-refractivity contribution in [3.63, 3.8) is 0 Å². The predicted octanol–water partition coefficient (Wildman–Crippen LogP) is 6.73. The van der Waals surface area contributed by atoms with Gasteiger partial charge in [-0.15, -0.1) is 0 Å². The van der Waals surface area contributed by atoms with Crippen LogP contribution in [0, 0.1) is 0 Å². The van der Waals surface area contributed by atoms with E-state index in [1.54, 1.807) is 6.07 Å². The Morgan fingerprint density at radius 3 is 2.19 bits per heavy atom. The molecule has 0 aliphatic carbocycles. The molecule has 0 saturated heterocycles. The van der Waals surface area contributed by atoms with Crippen molar-refractivity contribution >= 4 is 34.4 Å². The Hall–Kier alpha value is -0.0931. The standard InChI is InChI=1S/C21H40BrO3PSi/c1-7-25-27(5,6)17-13-11-9-8-10-12-16-24-20-15-14-19(23)18-21(20)26(2,3,4)22/h14-15,18,23H,7-13,16-17H2,1-6H3. The molecule has 1 rings (SSSR count). The summed E-state index contributed by atoms with van der Waals surface area (Å²) in [5.41, 5.74) is 0. The normalized spacial score (nSPS) is 14.0. The van der Waals surface area contributed by atoms with Gasteiger partial charge in [0.1, 0.15) is 0 Å². The molecule has 0 aliphatic rings. The van der Waals surface area contributed by atoms with E-state index in [9.17, 15) is 5.11 Å². The van der Waals surface area contributed by atoms with Gasteiger partial charge in [-0.2, -0.15) is 0 Å².